The molecule has 0 bridgehead atoms. The molecule has 0 aliphatic heterocycles. The summed E-state index contributed by atoms with van der Waals surface area (Å²) in [6, 6.07) is 5.41. The molecule has 0 saturated heterocycles. The Labute approximate surface area is 106 Å². The zero-order chi connectivity index (χ0) is 12.7. The van der Waals surface area contributed by atoms with E-state index >= 15 is 0 Å². The molecule has 0 aromatic heterocycles. The van der Waals surface area contributed by atoms with Crippen molar-refractivity contribution in [2.45, 2.75) is 12.5 Å². The first-order valence-corrected chi connectivity index (χ1v) is 5.87. The third kappa shape index (κ3) is 3.85. The molecule has 5 heteroatoms. The molecule has 0 fully saturated rings. The van der Waals surface area contributed by atoms with Gasteiger partial charge in [0, 0.05) is 25.3 Å². The van der Waals surface area contributed by atoms with Crippen molar-refractivity contribution in [2.24, 2.45) is 5.73 Å². The maximum Gasteiger partial charge on any atom is 0.126 e. The Morgan fingerprint density at radius 3 is 2.82 bits per heavy atom. The van der Waals surface area contributed by atoms with Crippen molar-refractivity contribution in [2.75, 3.05) is 26.9 Å². The second-order valence-corrected chi connectivity index (χ2v) is 3.94. The van der Waals surface area contributed by atoms with E-state index in [1.165, 1.54) is 0 Å². The molecule has 96 valence electrons. The van der Waals surface area contributed by atoms with E-state index in [-0.39, 0.29) is 12.7 Å². The SMILES string of the molecule is COc1cccc(Cl)c1C(CN)OCCCO. The van der Waals surface area contributed by atoms with Crippen molar-refractivity contribution in [3.63, 3.8) is 0 Å². The molecule has 0 spiro atoms. The lowest BCUT2D eigenvalue weighted by Gasteiger charge is -2.20. The van der Waals surface area contributed by atoms with Crippen LogP contribution >= 0.6 is 11.6 Å². The molecule has 0 radical (unpaired) electrons. The first-order valence-electron chi connectivity index (χ1n) is 5.49. The van der Waals surface area contributed by atoms with Crippen LogP contribution in [0.2, 0.25) is 5.02 Å². The number of hydrogen-bond acceptors (Lipinski definition) is 4. The Morgan fingerprint density at radius 2 is 2.24 bits per heavy atom. The lowest BCUT2D eigenvalue weighted by Crippen LogP contribution is -2.18. The maximum atomic E-state index is 8.72. The van der Waals surface area contributed by atoms with Gasteiger partial charge < -0.3 is 20.3 Å². The summed E-state index contributed by atoms with van der Waals surface area (Å²) >= 11 is 6.13. The predicted octanol–water partition coefficient (Wildman–Crippen LogP) is 1.75. The molecule has 0 aliphatic rings. The Kier molecular flexibility index (Phi) is 6.29. The molecule has 0 aliphatic carbocycles. The standard InChI is InChI=1S/C12H18ClNO3/c1-16-10-5-2-4-9(13)12(10)11(8-14)17-7-3-6-15/h2,4-5,11,15H,3,6-8,14H2,1H3. The maximum absolute atomic E-state index is 8.72. The van der Waals surface area contributed by atoms with Crippen molar-refractivity contribution >= 4 is 11.6 Å². The van der Waals surface area contributed by atoms with E-state index in [1.807, 2.05) is 12.1 Å². The summed E-state index contributed by atoms with van der Waals surface area (Å²) in [7, 11) is 1.58. The predicted molar refractivity (Wildman–Crippen MR) is 67.5 cm³/mol. The van der Waals surface area contributed by atoms with Gasteiger partial charge in [-0.2, -0.15) is 0 Å². The summed E-state index contributed by atoms with van der Waals surface area (Å²) in [6.45, 7) is 0.842. The van der Waals surface area contributed by atoms with Crippen LogP contribution in [0.5, 0.6) is 5.75 Å². The number of benzene rings is 1. The highest BCUT2D eigenvalue weighted by Crippen LogP contribution is 2.33. The fourth-order valence-corrected chi connectivity index (χ4v) is 1.85. The monoisotopic (exact) mass is 259 g/mol. The van der Waals surface area contributed by atoms with Crippen molar-refractivity contribution in [3.05, 3.63) is 28.8 Å². The zero-order valence-electron chi connectivity index (χ0n) is 9.86. The quantitative estimate of drug-likeness (QED) is 0.733. The molecule has 0 heterocycles. The summed E-state index contributed by atoms with van der Waals surface area (Å²) < 4.78 is 10.8. The Balaban J connectivity index is 2.86. The van der Waals surface area contributed by atoms with Gasteiger partial charge in [0.15, 0.2) is 0 Å². The summed E-state index contributed by atoms with van der Waals surface area (Å²) in [6.07, 6.45) is 0.258. The molecule has 1 rings (SSSR count). The fraction of sp³-hybridized carbons (Fsp3) is 0.500. The minimum absolute atomic E-state index is 0.0942. The van der Waals surface area contributed by atoms with Crippen molar-refractivity contribution < 1.29 is 14.6 Å². The van der Waals surface area contributed by atoms with Crippen molar-refractivity contribution in [1.29, 1.82) is 0 Å². The van der Waals surface area contributed by atoms with Gasteiger partial charge in [0.05, 0.1) is 18.2 Å². The van der Waals surface area contributed by atoms with E-state index in [1.54, 1.807) is 13.2 Å². The topological polar surface area (TPSA) is 64.7 Å². The Hall–Kier alpha value is -0.810. The number of rotatable bonds is 7. The van der Waals surface area contributed by atoms with Gasteiger partial charge >= 0.3 is 0 Å². The Morgan fingerprint density at radius 1 is 1.47 bits per heavy atom. The van der Waals surface area contributed by atoms with Crippen LogP contribution in [-0.2, 0) is 4.74 Å². The Bertz CT molecular complexity index is 347. The third-order valence-electron chi connectivity index (χ3n) is 2.39. The number of hydrogen-bond donors (Lipinski definition) is 2. The molecule has 1 unspecified atom stereocenters. The average Bonchev–Trinajstić information content (AvgIpc) is 2.35. The van der Waals surface area contributed by atoms with Gasteiger partial charge in [0.2, 0.25) is 0 Å². The summed E-state index contributed by atoms with van der Waals surface area (Å²) in [5.41, 5.74) is 6.44. The van der Waals surface area contributed by atoms with Crippen LogP contribution in [0.15, 0.2) is 18.2 Å². The summed E-state index contributed by atoms with van der Waals surface area (Å²) in [5.74, 6) is 0.664. The average molecular weight is 260 g/mol. The minimum Gasteiger partial charge on any atom is -0.496 e. The number of methoxy groups -OCH3 is 1. The van der Waals surface area contributed by atoms with Crippen LogP contribution in [0, 0.1) is 0 Å². The van der Waals surface area contributed by atoms with Gasteiger partial charge in [-0.1, -0.05) is 17.7 Å². The van der Waals surface area contributed by atoms with Crippen LogP contribution < -0.4 is 10.5 Å². The molecule has 4 nitrogen and oxygen atoms in total. The number of aliphatic hydroxyl groups excluding tert-OH is 1. The number of nitrogens with two attached hydrogens (primary N) is 1. The van der Waals surface area contributed by atoms with Crippen LogP contribution in [0.1, 0.15) is 18.1 Å². The highest BCUT2D eigenvalue weighted by Gasteiger charge is 2.18. The number of ether oxygens (including phenoxy) is 2. The largest absolute Gasteiger partial charge is 0.496 e. The number of halogens is 1. The van der Waals surface area contributed by atoms with Gasteiger partial charge in [-0.05, 0) is 18.6 Å². The van der Waals surface area contributed by atoms with Crippen LogP contribution in [0.4, 0.5) is 0 Å². The highest BCUT2D eigenvalue weighted by atomic mass is 35.5. The van der Waals surface area contributed by atoms with E-state index in [0.717, 1.165) is 5.56 Å². The lowest BCUT2D eigenvalue weighted by atomic mass is 10.1. The van der Waals surface area contributed by atoms with Crippen molar-refractivity contribution in [1.82, 2.24) is 0 Å². The molecule has 1 aromatic rings. The molecular formula is C12H18ClNO3. The second kappa shape index (κ2) is 7.50. The molecular weight excluding hydrogens is 242 g/mol. The van der Waals surface area contributed by atoms with Crippen LogP contribution in [0.25, 0.3) is 0 Å². The fourth-order valence-electron chi connectivity index (χ4n) is 1.57. The van der Waals surface area contributed by atoms with Crippen molar-refractivity contribution in [3.8, 4) is 5.75 Å². The highest BCUT2D eigenvalue weighted by molar-refractivity contribution is 6.31. The van der Waals surface area contributed by atoms with E-state index in [0.29, 0.717) is 30.3 Å². The van der Waals surface area contributed by atoms with E-state index in [9.17, 15) is 0 Å². The van der Waals surface area contributed by atoms with Crippen LogP contribution in [-0.4, -0.2) is 32.0 Å². The molecule has 17 heavy (non-hydrogen) atoms. The molecule has 0 amide bonds. The first kappa shape index (κ1) is 14.3. The van der Waals surface area contributed by atoms with Gasteiger partial charge in [-0.25, -0.2) is 0 Å². The van der Waals surface area contributed by atoms with Gasteiger partial charge in [-0.15, -0.1) is 0 Å². The van der Waals surface area contributed by atoms with Crippen LogP contribution in [0.3, 0.4) is 0 Å². The minimum atomic E-state index is -0.315. The smallest absolute Gasteiger partial charge is 0.126 e. The summed E-state index contributed by atoms with van der Waals surface area (Å²) in [5, 5.41) is 9.29. The molecule has 0 saturated carbocycles. The van der Waals surface area contributed by atoms with Gasteiger partial charge in [0.25, 0.3) is 0 Å². The second-order valence-electron chi connectivity index (χ2n) is 3.53. The van der Waals surface area contributed by atoms with E-state index in [4.69, 9.17) is 31.9 Å². The van der Waals surface area contributed by atoms with Gasteiger partial charge in [0.1, 0.15) is 5.75 Å². The van der Waals surface area contributed by atoms with Gasteiger partial charge in [-0.3, -0.25) is 0 Å². The first-order chi connectivity index (χ1) is 8.24. The molecule has 1 aromatic carbocycles. The van der Waals surface area contributed by atoms with E-state index in [2.05, 4.69) is 0 Å². The normalized spacial score (nSPS) is 12.5. The third-order valence-corrected chi connectivity index (χ3v) is 2.72. The zero-order valence-corrected chi connectivity index (χ0v) is 10.6. The number of aliphatic hydroxyl groups is 1. The molecule has 3 N–H and O–H groups in total. The lowest BCUT2D eigenvalue weighted by molar-refractivity contribution is 0.0474. The van der Waals surface area contributed by atoms with E-state index < -0.39 is 0 Å². The summed E-state index contributed by atoms with van der Waals surface area (Å²) in [4.78, 5) is 0. The molecule has 1 atom stereocenters.